The summed E-state index contributed by atoms with van der Waals surface area (Å²) in [6.45, 7) is 4.77. The Labute approximate surface area is 131 Å². The zero-order valence-electron chi connectivity index (χ0n) is 12.4. The van der Waals surface area contributed by atoms with E-state index in [1.54, 1.807) is 11.0 Å². The Morgan fingerprint density at radius 1 is 1.36 bits per heavy atom. The maximum atomic E-state index is 13.3. The van der Waals surface area contributed by atoms with Gasteiger partial charge < -0.3 is 9.88 Å². The average molecular weight is 320 g/mol. The molecule has 116 valence electrons. The number of halogens is 1. The summed E-state index contributed by atoms with van der Waals surface area (Å²) in [5.74, 6) is 0.277. The Balaban J connectivity index is 2.09. The molecule has 1 amide bonds. The van der Waals surface area contributed by atoms with Crippen molar-refractivity contribution in [2.45, 2.75) is 25.1 Å². The number of hydrogen-bond acceptors (Lipinski definition) is 3. The number of aromatic nitrogens is 1. The third-order valence-electron chi connectivity index (χ3n) is 4.18. The molecule has 1 aromatic heterocycles. The molecule has 0 bridgehead atoms. The van der Waals surface area contributed by atoms with Crippen molar-refractivity contribution in [3.63, 3.8) is 0 Å². The van der Waals surface area contributed by atoms with Crippen LogP contribution in [0.3, 0.4) is 0 Å². The molecule has 6 heteroatoms. The number of benzene rings is 1. The first-order valence-corrected chi connectivity index (χ1v) is 8.27. The SMILES string of the molecule is C[C@H]1SCCN(C(=O)c2cc(=O)[nH]c3cc(F)ccc23)[C@H]1C. The molecule has 0 unspecified atom stereocenters. The number of aromatic amines is 1. The van der Waals surface area contributed by atoms with Crippen LogP contribution < -0.4 is 5.56 Å². The molecular formula is C16H17FN2O2S. The first-order valence-electron chi connectivity index (χ1n) is 7.22. The molecule has 2 heterocycles. The number of thioether (sulfide) groups is 1. The van der Waals surface area contributed by atoms with Crippen molar-refractivity contribution < 1.29 is 9.18 Å². The van der Waals surface area contributed by atoms with E-state index in [1.165, 1.54) is 18.2 Å². The lowest BCUT2D eigenvalue weighted by molar-refractivity contribution is 0.0700. The van der Waals surface area contributed by atoms with Crippen LogP contribution in [0.4, 0.5) is 4.39 Å². The Morgan fingerprint density at radius 3 is 2.91 bits per heavy atom. The first kappa shape index (κ1) is 15.1. The summed E-state index contributed by atoms with van der Waals surface area (Å²) in [4.78, 5) is 29.1. The third kappa shape index (κ3) is 2.63. The molecule has 3 rings (SSSR count). The van der Waals surface area contributed by atoms with Gasteiger partial charge in [0, 0.05) is 35.0 Å². The molecule has 1 aliphatic heterocycles. The van der Waals surface area contributed by atoms with Crippen LogP contribution in [0.15, 0.2) is 29.1 Å². The number of H-pyrrole nitrogens is 1. The van der Waals surface area contributed by atoms with Crippen LogP contribution in [0.1, 0.15) is 24.2 Å². The molecule has 0 saturated carbocycles. The Morgan fingerprint density at radius 2 is 2.14 bits per heavy atom. The van der Waals surface area contributed by atoms with E-state index in [1.807, 2.05) is 18.7 Å². The topological polar surface area (TPSA) is 53.2 Å². The maximum absolute atomic E-state index is 13.3. The van der Waals surface area contributed by atoms with Crippen LogP contribution in [-0.4, -0.2) is 39.4 Å². The number of hydrogen-bond donors (Lipinski definition) is 1. The highest BCUT2D eigenvalue weighted by Gasteiger charge is 2.30. The highest BCUT2D eigenvalue weighted by atomic mass is 32.2. The molecule has 1 N–H and O–H groups in total. The van der Waals surface area contributed by atoms with Crippen LogP contribution in [-0.2, 0) is 0 Å². The van der Waals surface area contributed by atoms with Gasteiger partial charge in [0.15, 0.2) is 0 Å². The molecule has 1 fully saturated rings. The number of fused-ring (bicyclic) bond motifs is 1. The van der Waals surface area contributed by atoms with Gasteiger partial charge in [0.2, 0.25) is 5.56 Å². The summed E-state index contributed by atoms with van der Waals surface area (Å²) in [5, 5.41) is 0.924. The molecule has 4 nitrogen and oxygen atoms in total. The average Bonchev–Trinajstić information content (AvgIpc) is 2.48. The van der Waals surface area contributed by atoms with Crippen molar-refractivity contribution in [1.29, 1.82) is 0 Å². The minimum absolute atomic E-state index is 0.0982. The fourth-order valence-corrected chi connectivity index (χ4v) is 3.88. The van der Waals surface area contributed by atoms with Gasteiger partial charge in [-0.3, -0.25) is 9.59 Å². The van der Waals surface area contributed by atoms with Crippen LogP contribution in [0.2, 0.25) is 0 Å². The van der Waals surface area contributed by atoms with Gasteiger partial charge in [-0.1, -0.05) is 6.92 Å². The van der Waals surface area contributed by atoms with Gasteiger partial charge >= 0.3 is 0 Å². The van der Waals surface area contributed by atoms with Crippen LogP contribution in [0, 0.1) is 5.82 Å². The molecule has 2 aromatic rings. The summed E-state index contributed by atoms with van der Waals surface area (Å²) >= 11 is 1.84. The largest absolute Gasteiger partial charge is 0.334 e. The third-order valence-corrected chi connectivity index (χ3v) is 5.52. The molecule has 0 radical (unpaired) electrons. The molecular weight excluding hydrogens is 303 g/mol. The number of amides is 1. The smallest absolute Gasteiger partial charge is 0.255 e. The van der Waals surface area contributed by atoms with E-state index in [9.17, 15) is 14.0 Å². The lowest BCUT2D eigenvalue weighted by atomic mass is 10.1. The van der Waals surface area contributed by atoms with Crippen LogP contribution in [0.5, 0.6) is 0 Å². The van der Waals surface area contributed by atoms with Gasteiger partial charge in [-0.25, -0.2) is 4.39 Å². The minimum atomic E-state index is -0.441. The zero-order valence-corrected chi connectivity index (χ0v) is 13.2. The number of nitrogens with zero attached hydrogens (tertiary/aromatic N) is 1. The minimum Gasteiger partial charge on any atom is -0.334 e. The highest BCUT2D eigenvalue weighted by molar-refractivity contribution is 8.00. The lowest BCUT2D eigenvalue weighted by Gasteiger charge is -2.37. The Hall–Kier alpha value is -1.82. The van der Waals surface area contributed by atoms with Crippen molar-refractivity contribution in [3.05, 3.63) is 46.0 Å². The number of rotatable bonds is 1. The quantitative estimate of drug-likeness (QED) is 0.879. The van der Waals surface area contributed by atoms with Gasteiger partial charge in [0.05, 0.1) is 11.1 Å². The Bertz CT molecular complexity index is 789. The zero-order chi connectivity index (χ0) is 15.9. The van der Waals surface area contributed by atoms with Crippen molar-refractivity contribution in [2.75, 3.05) is 12.3 Å². The number of carbonyl (C=O) groups is 1. The Kier molecular flexibility index (Phi) is 3.95. The first-order chi connectivity index (χ1) is 10.5. The van der Waals surface area contributed by atoms with Crippen molar-refractivity contribution in [1.82, 2.24) is 9.88 Å². The molecule has 2 atom stereocenters. The second kappa shape index (κ2) is 5.76. The van der Waals surface area contributed by atoms with E-state index in [0.717, 1.165) is 5.75 Å². The van der Waals surface area contributed by atoms with E-state index in [4.69, 9.17) is 0 Å². The lowest BCUT2D eigenvalue weighted by Crippen LogP contribution is -2.48. The molecule has 1 saturated heterocycles. The van der Waals surface area contributed by atoms with E-state index in [-0.39, 0.29) is 11.9 Å². The summed E-state index contributed by atoms with van der Waals surface area (Å²) in [6, 6.07) is 5.49. The summed E-state index contributed by atoms with van der Waals surface area (Å²) in [5.41, 5.74) is 0.293. The van der Waals surface area contributed by atoms with E-state index >= 15 is 0 Å². The summed E-state index contributed by atoms with van der Waals surface area (Å²) in [6.07, 6.45) is 0. The summed E-state index contributed by atoms with van der Waals surface area (Å²) < 4.78 is 13.3. The number of nitrogens with one attached hydrogen (secondary N) is 1. The molecule has 1 aliphatic rings. The second-order valence-electron chi connectivity index (χ2n) is 5.55. The number of pyridine rings is 1. The molecule has 1 aromatic carbocycles. The van der Waals surface area contributed by atoms with E-state index in [0.29, 0.717) is 28.3 Å². The van der Waals surface area contributed by atoms with E-state index in [2.05, 4.69) is 11.9 Å². The molecule has 0 aliphatic carbocycles. The van der Waals surface area contributed by atoms with Crippen molar-refractivity contribution in [3.8, 4) is 0 Å². The van der Waals surface area contributed by atoms with Gasteiger partial charge in [-0.05, 0) is 25.1 Å². The molecule has 0 spiro atoms. The maximum Gasteiger partial charge on any atom is 0.255 e. The second-order valence-corrected chi connectivity index (χ2v) is 7.04. The fraction of sp³-hybridized carbons (Fsp3) is 0.375. The van der Waals surface area contributed by atoms with Gasteiger partial charge in [0.25, 0.3) is 5.91 Å². The molecule has 22 heavy (non-hydrogen) atoms. The standard InChI is InChI=1S/C16H17FN2O2S/c1-9-10(2)22-6-5-19(9)16(21)13-8-15(20)18-14-7-11(17)3-4-12(13)14/h3-4,7-10H,5-6H2,1-2H3,(H,18,20)/t9-,10+/m0/s1. The normalized spacial score (nSPS) is 22.0. The predicted octanol–water partition coefficient (Wildman–Crippen LogP) is 2.63. The van der Waals surface area contributed by atoms with E-state index < -0.39 is 11.4 Å². The van der Waals surface area contributed by atoms with Gasteiger partial charge in [0.1, 0.15) is 5.82 Å². The monoisotopic (exact) mass is 320 g/mol. The van der Waals surface area contributed by atoms with Crippen LogP contribution in [0.25, 0.3) is 10.9 Å². The fourth-order valence-electron chi connectivity index (χ4n) is 2.78. The van der Waals surface area contributed by atoms with Gasteiger partial charge in [-0.2, -0.15) is 11.8 Å². The van der Waals surface area contributed by atoms with Crippen molar-refractivity contribution >= 4 is 28.6 Å². The summed E-state index contributed by atoms with van der Waals surface area (Å²) in [7, 11) is 0. The van der Waals surface area contributed by atoms with Crippen LogP contribution >= 0.6 is 11.8 Å². The van der Waals surface area contributed by atoms with Gasteiger partial charge in [-0.15, -0.1) is 0 Å². The predicted molar refractivity (Wildman–Crippen MR) is 86.9 cm³/mol. The number of carbonyl (C=O) groups excluding carboxylic acids is 1. The van der Waals surface area contributed by atoms with Crippen molar-refractivity contribution in [2.24, 2.45) is 0 Å². The highest BCUT2D eigenvalue weighted by Crippen LogP contribution is 2.27.